The highest BCUT2D eigenvalue weighted by molar-refractivity contribution is 5.17. The molecule has 0 unspecified atom stereocenters. The van der Waals surface area contributed by atoms with Crippen LogP contribution in [0, 0.1) is 12.3 Å². The lowest BCUT2D eigenvalue weighted by molar-refractivity contribution is 0.136. The van der Waals surface area contributed by atoms with Crippen molar-refractivity contribution in [2.45, 2.75) is 33.2 Å². The van der Waals surface area contributed by atoms with Gasteiger partial charge in [0.2, 0.25) is 0 Å². The molecule has 18 heavy (non-hydrogen) atoms. The van der Waals surface area contributed by atoms with Crippen molar-refractivity contribution in [1.29, 1.82) is 0 Å². The highest BCUT2D eigenvalue weighted by Gasteiger charge is 2.28. The molecule has 100 valence electrons. The van der Waals surface area contributed by atoms with Crippen LogP contribution in [0.1, 0.15) is 31.0 Å². The van der Waals surface area contributed by atoms with E-state index < -0.39 is 0 Å². The molecule has 1 aromatic rings. The predicted octanol–water partition coefficient (Wildman–Crippen LogP) is 2.21. The minimum absolute atomic E-state index is 0.454. The van der Waals surface area contributed by atoms with E-state index in [1.165, 1.54) is 37.2 Å². The Morgan fingerprint density at radius 2 is 2.11 bits per heavy atom. The molecule has 0 radical (unpaired) electrons. The van der Waals surface area contributed by atoms with E-state index in [4.69, 9.17) is 0 Å². The Labute approximate surface area is 111 Å². The van der Waals surface area contributed by atoms with E-state index in [1.54, 1.807) is 0 Å². The Bertz CT molecular complexity index is 381. The molecule has 0 saturated carbocycles. The van der Waals surface area contributed by atoms with Crippen LogP contribution < -0.4 is 5.32 Å². The second-order valence-corrected chi connectivity index (χ2v) is 5.98. The molecule has 0 spiro atoms. The number of hydrogen-bond donors (Lipinski definition) is 1. The summed E-state index contributed by atoms with van der Waals surface area (Å²) in [5.74, 6) is 0. The first-order chi connectivity index (χ1) is 8.59. The molecular formula is C15H25N3. The van der Waals surface area contributed by atoms with E-state index in [0.717, 1.165) is 13.1 Å². The maximum absolute atomic E-state index is 4.42. The summed E-state index contributed by atoms with van der Waals surface area (Å²) in [6, 6.07) is 4.12. The lowest BCUT2D eigenvalue weighted by atomic mass is 9.80. The Morgan fingerprint density at radius 1 is 1.39 bits per heavy atom. The zero-order chi connectivity index (χ0) is 13.0. The molecule has 0 aliphatic carbocycles. The van der Waals surface area contributed by atoms with E-state index in [1.807, 2.05) is 12.3 Å². The third-order valence-corrected chi connectivity index (χ3v) is 4.16. The monoisotopic (exact) mass is 247 g/mol. The van der Waals surface area contributed by atoms with Crippen LogP contribution in [0.25, 0.3) is 0 Å². The van der Waals surface area contributed by atoms with Crippen molar-refractivity contribution < 1.29 is 0 Å². The molecule has 3 heteroatoms. The van der Waals surface area contributed by atoms with Crippen LogP contribution in [0.2, 0.25) is 0 Å². The van der Waals surface area contributed by atoms with Gasteiger partial charge in [-0.1, -0.05) is 13.0 Å². The third-order valence-electron chi connectivity index (χ3n) is 4.16. The molecule has 0 bridgehead atoms. The van der Waals surface area contributed by atoms with Crippen molar-refractivity contribution >= 4 is 0 Å². The van der Waals surface area contributed by atoms with Crippen molar-refractivity contribution in [2.75, 3.05) is 26.7 Å². The van der Waals surface area contributed by atoms with Crippen LogP contribution in [0.15, 0.2) is 18.3 Å². The SMILES string of the molecule is Cc1cccnc1CNCC1(C)CCN(C)CC1. The first kappa shape index (κ1) is 13.5. The molecule has 1 aliphatic heterocycles. The Hall–Kier alpha value is -0.930. The molecule has 1 fully saturated rings. The van der Waals surface area contributed by atoms with Crippen LogP contribution in [-0.2, 0) is 6.54 Å². The third kappa shape index (κ3) is 3.53. The van der Waals surface area contributed by atoms with E-state index in [2.05, 4.69) is 42.2 Å². The summed E-state index contributed by atoms with van der Waals surface area (Å²) in [6.07, 6.45) is 4.46. The topological polar surface area (TPSA) is 28.2 Å². The Balaban J connectivity index is 1.80. The zero-order valence-corrected chi connectivity index (χ0v) is 11.9. The van der Waals surface area contributed by atoms with Crippen LogP contribution in [0.5, 0.6) is 0 Å². The van der Waals surface area contributed by atoms with Crippen molar-refractivity contribution in [3.63, 3.8) is 0 Å². The molecule has 0 amide bonds. The second-order valence-electron chi connectivity index (χ2n) is 5.98. The molecule has 0 atom stereocenters. The summed E-state index contributed by atoms with van der Waals surface area (Å²) in [4.78, 5) is 6.85. The lowest BCUT2D eigenvalue weighted by Gasteiger charge is -2.38. The fourth-order valence-corrected chi connectivity index (χ4v) is 2.52. The first-order valence-electron chi connectivity index (χ1n) is 6.89. The summed E-state index contributed by atoms with van der Waals surface area (Å²) in [5.41, 5.74) is 2.91. The van der Waals surface area contributed by atoms with Gasteiger partial charge < -0.3 is 10.2 Å². The summed E-state index contributed by atoms with van der Waals surface area (Å²) in [7, 11) is 2.21. The van der Waals surface area contributed by atoms with E-state index in [-0.39, 0.29) is 0 Å². The molecule has 0 aromatic carbocycles. The van der Waals surface area contributed by atoms with Crippen molar-refractivity contribution in [3.8, 4) is 0 Å². The van der Waals surface area contributed by atoms with Gasteiger partial charge >= 0.3 is 0 Å². The van der Waals surface area contributed by atoms with Crippen LogP contribution >= 0.6 is 0 Å². The Kier molecular flexibility index (Phi) is 4.36. The van der Waals surface area contributed by atoms with Crippen LogP contribution in [-0.4, -0.2) is 36.6 Å². The van der Waals surface area contributed by atoms with Gasteiger partial charge in [-0.15, -0.1) is 0 Å². The van der Waals surface area contributed by atoms with E-state index in [9.17, 15) is 0 Å². The number of nitrogens with zero attached hydrogens (tertiary/aromatic N) is 2. The van der Waals surface area contributed by atoms with Gasteiger partial charge in [-0.25, -0.2) is 0 Å². The molecule has 1 aromatic heterocycles. The van der Waals surface area contributed by atoms with Crippen molar-refractivity contribution in [2.24, 2.45) is 5.41 Å². The molecular weight excluding hydrogens is 222 g/mol. The quantitative estimate of drug-likeness (QED) is 0.884. The predicted molar refractivity (Wildman–Crippen MR) is 75.5 cm³/mol. The number of aromatic nitrogens is 1. The molecule has 1 aliphatic rings. The number of likely N-dealkylation sites (tertiary alicyclic amines) is 1. The number of hydrogen-bond acceptors (Lipinski definition) is 3. The molecule has 3 nitrogen and oxygen atoms in total. The van der Waals surface area contributed by atoms with Gasteiger partial charge in [0.05, 0.1) is 5.69 Å². The normalized spacial score (nSPS) is 19.9. The molecule has 1 N–H and O–H groups in total. The number of rotatable bonds is 4. The maximum Gasteiger partial charge on any atom is 0.0570 e. The summed E-state index contributed by atoms with van der Waals surface area (Å²) >= 11 is 0. The standard InChI is InChI=1S/C15H25N3/c1-13-5-4-8-17-14(13)11-16-12-15(2)6-9-18(3)10-7-15/h4-5,8,16H,6-7,9-12H2,1-3H3. The lowest BCUT2D eigenvalue weighted by Crippen LogP contribution is -2.42. The molecule has 2 rings (SSSR count). The van der Waals surface area contributed by atoms with Crippen LogP contribution in [0.4, 0.5) is 0 Å². The minimum atomic E-state index is 0.454. The second kappa shape index (κ2) is 5.81. The smallest absolute Gasteiger partial charge is 0.0570 e. The zero-order valence-electron chi connectivity index (χ0n) is 11.9. The Morgan fingerprint density at radius 3 is 2.78 bits per heavy atom. The highest BCUT2D eigenvalue weighted by Crippen LogP contribution is 2.29. The maximum atomic E-state index is 4.42. The number of pyridine rings is 1. The average Bonchev–Trinajstić information content (AvgIpc) is 2.36. The molecule has 1 saturated heterocycles. The largest absolute Gasteiger partial charge is 0.311 e. The van der Waals surface area contributed by atoms with Crippen LogP contribution in [0.3, 0.4) is 0 Å². The minimum Gasteiger partial charge on any atom is -0.311 e. The van der Waals surface area contributed by atoms with Gasteiger partial charge in [-0.2, -0.15) is 0 Å². The fraction of sp³-hybridized carbons (Fsp3) is 0.667. The van der Waals surface area contributed by atoms with Gasteiger partial charge in [0.1, 0.15) is 0 Å². The average molecular weight is 247 g/mol. The van der Waals surface area contributed by atoms with E-state index >= 15 is 0 Å². The van der Waals surface area contributed by atoms with Gasteiger partial charge in [0, 0.05) is 19.3 Å². The summed E-state index contributed by atoms with van der Waals surface area (Å²) < 4.78 is 0. The number of aryl methyl sites for hydroxylation is 1. The van der Waals surface area contributed by atoms with E-state index in [0.29, 0.717) is 5.41 Å². The summed E-state index contributed by atoms with van der Waals surface area (Å²) in [5, 5.41) is 3.59. The summed E-state index contributed by atoms with van der Waals surface area (Å²) in [6.45, 7) is 8.95. The van der Waals surface area contributed by atoms with Gasteiger partial charge in [-0.05, 0) is 56.9 Å². The first-order valence-corrected chi connectivity index (χ1v) is 6.89. The van der Waals surface area contributed by atoms with Gasteiger partial charge in [0.25, 0.3) is 0 Å². The number of nitrogens with one attached hydrogen (secondary N) is 1. The van der Waals surface area contributed by atoms with Gasteiger partial charge in [0.15, 0.2) is 0 Å². The number of piperidine rings is 1. The fourth-order valence-electron chi connectivity index (χ4n) is 2.52. The van der Waals surface area contributed by atoms with Gasteiger partial charge in [-0.3, -0.25) is 4.98 Å². The highest BCUT2D eigenvalue weighted by atomic mass is 15.1. The van der Waals surface area contributed by atoms with Crippen molar-refractivity contribution in [1.82, 2.24) is 15.2 Å². The molecule has 2 heterocycles. The van der Waals surface area contributed by atoms with Crippen molar-refractivity contribution in [3.05, 3.63) is 29.6 Å².